The zero-order valence-corrected chi connectivity index (χ0v) is 31.6. The Morgan fingerprint density at radius 2 is 1.60 bits per heavy atom. The normalized spacial score (nSPS) is 19.0. The largest absolute Gasteiger partial charge is 0.506 e. The van der Waals surface area contributed by atoms with Gasteiger partial charge in [0.15, 0.2) is 0 Å². The van der Waals surface area contributed by atoms with Gasteiger partial charge in [0.05, 0.1) is 24.3 Å². The van der Waals surface area contributed by atoms with Crippen LogP contribution in [0.25, 0.3) is 21.7 Å². The van der Waals surface area contributed by atoms with Gasteiger partial charge in [-0.2, -0.15) is 0 Å². The van der Waals surface area contributed by atoms with E-state index in [1.807, 2.05) is 42.5 Å². The number of aromatic hydroxyl groups is 1. The topological polar surface area (TPSA) is 136 Å². The number of hydrogen-bond donors (Lipinski definition) is 5. The summed E-state index contributed by atoms with van der Waals surface area (Å²) in [7, 11) is 0. The first-order valence-electron chi connectivity index (χ1n) is 20.1. The lowest BCUT2D eigenvalue weighted by atomic mass is 9.86. The van der Waals surface area contributed by atoms with Gasteiger partial charge in [0.25, 0.3) is 0 Å². The van der Waals surface area contributed by atoms with E-state index in [2.05, 4.69) is 44.8 Å². The summed E-state index contributed by atoms with van der Waals surface area (Å²) in [5, 5.41) is 30.3. The highest BCUT2D eigenvalue weighted by Crippen LogP contribution is 2.33. The van der Waals surface area contributed by atoms with Crippen LogP contribution in [0.3, 0.4) is 0 Å². The standard InChI is InChI=1S/C45H54N4O6/c50-39-20-18-36(38-19-21-42(52)47-44(38)39)40(51)29-46-24-8-4-2-1-3-5-9-27-54-34-15-10-14-33(28-34)43(37-17-11-13-31-12-6-7-16-35(31)37)48-45(53)55-41-30-49-25-22-32(41)23-26-49/h6-7,10-21,28,32,40-41,43,46,50-51H,1-5,8-9,22-27,29-30H2,(H,47,52)(H,48,53). The first-order chi connectivity index (χ1) is 26.9. The van der Waals surface area contributed by atoms with E-state index < -0.39 is 12.1 Å². The zero-order valence-electron chi connectivity index (χ0n) is 31.6. The quantitative estimate of drug-likeness (QED) is 0.0575. The molecular weight excluding hydrogens is 693 g/mol. The molecule has 0 radical (unpaired) electrons. The van der Waals surface area contributed by atoms with Crippen LogP contribution in [-0.4, -0.2) is 71.6 Å². The molecule has 0 saturated carbocycles. The number of H-pyrrole nitrogens is 1. The maximum atomic E-state index is 13.5. The molecule has 1 aromatic heterocycles. The molecule has 2 bridgehead atoms. The number of carbonyl (C=O) groups excluding carboxylic acids is 1. The van der Waals surface area contributed by atoms with Crippen molar-refractivity contribution in [3.05, 3.63) is 118 Å². The van der Waals surface area contributed by atoms with E-state index in [9.17, 15) is 19.8 Å². The number of aromatic nitrogens is 1. The van der Waals surface area contributed by atoms with Crippen molar-refractivity contribution in [2.45, 2.75) is 76.0 Å². The number of nitrogens with one attached hydrogen (secondary N) is 3. The van der Waals surface area contributed by atoms with Gasteiger partial charge in [-0.3, -0.25) is 9.69 Å². The summed E-state index contributed by atoms with van der Waals surface area (Å²) in [5.41, 5.74) is 2.70. The number of fused-ring (bicyclic) bond motifs is 5. The number of pyridine rings is 1. The van der Waals surface area contributed by atoms with Gasteiger partial charge in [-0.1, -0.05) is 92.8 Å². The lowest BCUT2D eigenvalue weighted by Crippen LogP contribution is -2.52. The lowest BCUT2D eigenvalue weighted by Gasteiger charge is -2.43. The highest BCUT2D eigenvalue weighted by Gasteiger charge is 2.37. The van der Waals surface area contributed by atoms with Crippen molar-refractivity contribution in [2.75, 3.05) is 39.3 Å². The second-order valence-corrected chi connectivity index (χ2v) is 15.1. The van der Waals surface area contributed by atoms with Crippen LogP contribution in [0, 0.1) is 5.92 Å². The SMILES string of the molecule is O=C(NC(c1cccc(OCCCCCCCCCNCC(O)c2ccc(O)c3[nH]c(=O)ccc23)c1)c1cccc2ccccc12)OC1CN2CCC1CC2. The maximum Gasteiger partial charge on any atom is 0.408 e. The van der Waals surface area contributed by atoms with Crippen molar-refractivity contribution in [1.29, 1.82) is 0 Å². The number of hydrogen-bond acceptors (Lipinski definition) is 8. The van der Waals surface area contributed by atoms with Crippen molar-refractivity contribution in [3.8, 4) is 11.5 Å². The number of ether oxygens (including phenoxy) is 2. The highest BCUT2D eigenvalue weighted by atomic mass is 16.6. The summed E-state index contributed by atoms with van der Waals surface area (Å²) < 4.78 is 12.3. The van der Waals surface area contributed by atoms with Gasteiger partial charge in [0.1, 0.15) is 17.6 Å². The summed E-state index contributed by atoms with van der Waals surface area (Å²) in [6.07, 6.45) is 8.69. The molecule has 5 N–H and O–H groups in total. The molecular formula is C45H54N4O6. The van der Waals surface area contributed by atoms with E-state index in [-0.39, 0.29) is 23.5 Å². The van der Waals surface area contributed by atoms with Gasteiger partial charge in [-0.25, -0.2) is 4.79 Å². The molecule has 8 rings (SSSR count). The minimum Gasteiger partial charge on any atom is -0.506 e. The molecule has 3 atom stereocenters. The Labute approximate surface area is 322 Å². The molecule has 1 amide bonds. The second-order valence-electron chi connectivity index (χ2n) is 15.1. The van der Waals surface area contributed by atoms with Crippen LogP contribution in [0.2, 0.25) is 0 Å². The fourth-order valence-corrected chi connectivity index (χ4v) is 8.28. The summed E-state index contributed by atoms with van der Waals surface area (Å²) in [4.78, 5) is 30.2. The van der Waals surface area contributed by atoms with E-state index >= 15 is 0 Å². The summed E-state index contributed by atoms with van der Waals surface area (Å²) in [6, 6.07) is 28.4. The molecule has 5 aromatic rings. The Hall–Kier alpha value is -4.90. The van der Waals surface area contributed by atoms with Crippen LogP contribution >= 0.6 is 0 Å². The van der Waals surface area contributed by atoms with Gasteiger partial charge < -0.3 is 35.3 Å². The number of phenolic OH excluding ortho intramolecular Hbond substituents is 1. The summed E-state index contributed by atoms with van der Waals surface area (Å²) in [5.74, 6) is 1.22. The first kappa shape index (κ1) is 38.4. The minimum atomic E-state index is -0.746. The van der Waals surface area contributed by atoms with E-state index in [0.717, 1.165) is 105 Å². The summed E-state index contributed by atoms with van der Waals surface area (Å²) >= 11 is 0. The zero-order chi connectivity index (χ0) is 38.0. The van der Waals surface area contributed by atoms with Crippen molar-refractivity contribution >= 4 is 27.8 Å². The third-order valence-corrected chi connectivity index (χ3v) is 11.3. The van der Waals surface area contributed by atoms with Crippen LogP contribution in [-0.2, 0) is 4.74 Å². The van der Waals surface area contributed by atoms with E-state index in [1.165, 1.54) is 18.6 Å². The third kappa shape index (κ3) is 9.86. The van der Waals surface area contributed by atoms with Crippen LogP contribution in [0.4, 0.5) is 4.79 Å². The van der Waals surface area contributed by atoms with Crippen LogP contribution in [0.5, 0.6) is 11.5 Å². The molecule has 10 nitrogen and oxygen atoms in total. The number of rotatable bonds is 18. The Bertz CT molecular complexity index is 2090. The number of unbranched alkanes of at least 4 members (excludes halogenated alkanes) is 6. The predicted octanol–water partition coefficient (Wildman–Crippen LogP) is 7.73. The summed E-state index contributed by atoms with van der Waals surface area (Å²) in [6.45, 7) is 4.86. The van der Waals surface area contributed by atoms with E-state index in [1.54, 1.807) is 12.1 Å². The number of aromatic amines is 1. The maximum absolute atomic E-state index is 13.5. The number of nitrogens with zero attached hydrogens (tertiary/aromatic N) is 1. The number of amides is 1. The Morgan fingerprint density at radius 3 is 2.42 bits per heavy atom. The molecule has 3 aliphatic heterocycles. The molecule has 55 heavy (non-hydrogen) atoms. The average Bonchev–Trinajstić information content (AvgIpc) is 3.21. The van der Waals surface area contributed by atoms with E-state index in [0.29, 0.717) is 35.5 Å². The average molecular weight is 747 g/mol. The molecule has 4 heterocycles. The number of alkyl carbamates (subject to hydrolysis) is 1. The van der Waals surface area contributed by atoms with Crippen molar-refractivity contribution < 1.29 is 24.5 Å². The van der Waals surface area contributed by atoms with Crippen LogP contribution < -0.4 is 20.9 Å². The number of carbonyl (C=O) groups is 1. The fourth-order valence-electron chi connectivity index (χ4n) is 8.28. The van der Waals surface area contributed by atoms with Crippen molar-refractivity contribution in [3.63, 3.8) is 0 Å². The molecule has 4 aromatic carbocycles. The molecule has 3 fully saturated rings. The van der Waals surface area contributed by atoms with Gasteiger partial charge in [0, 0.05) is 24.5 Å². The molecule has 0 spiro atoms. The minimum absolute atomic E-state index is 0.00982. The van der Waals surface area contributed by atoms with Gasteiger partial charge in [-0.05, 0) is 103 Å². The third-order valence-electron chi connectivity index (χ3n) is 11.3. The molecule has 3 unspecified atom stereocenters. The van der Waals surface area contributed by atoms with Gasteiger partial charge >= 0.3 is 6.09 Å². The molecule has 3 saturated heterocycles. The number of phenols is 1. The Balaban J connectivity index is 0.831. The molecule has 3 aliphatic rings. The van der Waals surface area contributed by atoms with Crippen molar-refractivity contribution in [2.24, 2.45) is 5.92 Å². The molecule has 10 heteroatoms. The van der Waals surface area contributed by atoms with Crippen molar-refractivity contribution in [1.82, 2.24) is 20.5 Å². The molecule has 0 aliphatic carbocycles. The number of benzene rings is 4. The predicted molar refractivity (Wildman–Crippen MR) is 217 cm³/mol. The molecule has 290 valence electrons. The Kier molecular flexibility index (Phi) is 13.0. The Morgan fingerprint density at radius 1 is 0.836 bits per heavy atom. The van der Waals surface area contributed by atoms with Crippen LogP contribution in [0.1, 0.15) is 86.6 Å². The van der Waals surface area contributed by atoms with Crippen LogP contribution in [0.15, 0.2) is 95.8 Å². The monoisotopic (exact) mass is 746 g/mol. The number of aliphatic hydroxyl groups is 1. The highest BCUT2D eigenvalue weighted by molar-refractivity contribution is 5.88. The smallest absolute Gasteiger partial charge is 0.408 e. The van der Waals surface area contributed by atoms with Gasteiger partial charge in [-0.15, -0.1) is 0 Å². The van der Waals surface area contributed by atoms with Gasteiger partial charge in [0.2, 0.25) is 5.56 Å². The fraction of sp³-hybridized carbons (Fsp3) is 0.422. The number of piperidine rings is 3. The number of aliphatic hydroxyl groups excluding tert-OH is 1. The first-order valence-corrected chi connectivity index (χ1v) is 20.1. The second kappa shape index (κ2) is 18.6. The van der Waals surface area contributed by atoms with E-state index in [4.69, 9.17) is 9.47 Å². The lowest BCUT2D eigenvalue weighted by molar-refractivity contribution is -0.0336.